The van der Waals surface area contributed by atoms with Crippen molar-refractivity contribution in [2.45, 2.75) is 52.7 Å². The first-order valence-electron chi connectivity index (χ1n) is 9.52. The number of aromatic hydroxyl groups is 1. The van der Waals surface area contributed by atoms with Crippen LogP contribution in [-0.4, -0.2) is 36.3 Å². The summed E-state index contributed by atoms with van der Waals surface area (Å²) in [6.45, 7) is 11.2. The van der Waals surface area contributed by atoms with Crippen LogP contribution in [0.15, 0.2) is 30.6 Å². The minimum atomic E-state index is 0.146. The monoisotopic (exact) mass is 365 g/mol. The summed E-state index contributed by atoms with van der Waals surface area (Å²) in [5.74, 6) is 0.444. The molecule has 0 amide bonds. The molecular weight excluding hydrogens is 338 g/mol. The zero-order valence-electron chi connectivity index (χ0n) is 16.4. The van der Waals surface area contributed by atoms with E-state index in [1.165, 1.54) is 11.3 Å². The first-order chi connectivity index (χ1) is 12.9. The molecule has 0 saturated heterocycles. The second-order valence-corrected chi connectivity index (χ2v) is 7.77. The van der Waals surface area contributed by atoms with Gasteiger partial charge in [-0.15, -0.1) is 0 Å². The van der Waals surface area contributed by atoms with Crippen LogP contribution in [0.5, 0.6) is 5.75 Å². The maximum Gasteiger partial charge on any atom is 0.115 e. The van der Waals surface area contributed by atoms with Gasteiger partial charge in [0.25, 0.3) is 0 Å². The molecule has 1 aliphatic heterocycles. The number of hydrogen-bond donors (Lipinski definition) is 2. The third-order valence-corrected chi connectivity index (χ3v) is 5.52. The molecule has 4 rings (SSSR count). The number of phenolic OH excluding ortho intramolecular Hbond substituents is 1. The second kappa shape index (κ2) is 6.85. The van der Waals surface area contributed by atoms with Gasteiger partial charge in [-0.1, -0.05) is 12.1 Å². The Hall–Kier alpha value is -2.60. The highest BCUT2D eigenvalue weighted by Crippen LogP contribution is 2.34. The standard InChI is InChI=1S/C21H27N5O/c1-13(2)26-15(4)18(14(3)24-26)9-25-10-19(16-6-5-7-17(27)8-16)21-20(11-25)22-12-23-21/h5-8,12-13,19,27H,9-11H2,1-4H3,(H,22,23). The van der Waals surface area contributed by atoms with Crippen molar-refractivity contribution >= 4 is 0 Å². The molecule has 142 valence electrons. The Morgan fingerprint density at radius 1 is 1.30 bits per heavy atom. The lowest BCUT2D eigenvalue weighted by Gasteiger charge is -2.32. The van der Waals surface area contributed by atoms with Crippen LogP contribution >= 0.6 is 0 Å². The molecule has 1 unspecified atom stereocenters. The molecule has 0 radical (unpaired) electrons. The van der Waals surface area contributed by atoms with E-state index in [9.17, 15) is 5.11 Å². The number of fused-ring (bicyclic) bond motifs is 1. The average molecular weight is 365 g/mol. The van der Waals surface area contributed by atoms with Gasteiger partial charge in [0.1, 0.15) is 5.75 Å². The second-order valence-electron chi connectivity index (χ2n) is 7.77. The van der Waals surface area contributed by atoms with E-state index in [0.717, 1.165) is 42.3 Å². The summed E-state index contributed by atoms with van der Waals surface area (Å²) in [6.07, 6.45) is 1.78. The minimum Gasteiger partial charge on any atom is -0.508 e. The quantitative estimate of drug-likeness (QED) is 0.740. The molecule has 2 N–H and O–H groups in total. The van der Waals surface area contributed by atoms with Gasteiger partial charge < -0.3 is 10.1 Å². The van der Waals surface area contributed by atoms with E-state index in [1.54, 1.807) is 12.4 Å². The fraction of sp³-hybridized carbons (Fsp3) is 0.429. The molecule has 0 saturated carbocycles. The van der Waals surface area contributed by atoms with Crippen molar-refractivity contribution in [3.05, 3.63) is 64.5 Å². The van der Waals surface area contributed by atoms with Gasteiger partial charge in [0.15, 0.2) is 0 Å². The summed E-state index contributed by atoms with van der Waals surface area (Å²) in [6, 6.07) is 7.89. The van der Waals surface area contributed by atoms with Crippen molar-refractivity contribution in [1.82, 2.24) is 24.6 Å². The predicted octanol–water partition coefficient (Wildman–Crippen LogP) is 3.66. The molecule has 1 aliphatic rings. The van der Waals surface area contributed by atoms with Gasteiger partial charge in [-0.05, 0) is 45.4 Å². The molecule has 1 aromatic carbocycles. The van der Waals surface area contributed by atoms with E-state index in [0.29, 0.717) is 11.8 Å². The highest BCUT2D eigenvalue weighted by atomic mass is 16.3. The van der Waals surface area contributed by atoms with Gasteiger partial charge in [0.05, 0.1) is 23.4 Å². The summed E-state index contributed by atoms with van der Waals surface area (Å²) in [7, 11) is 0. The molecule has 2 aromatic heterocycles. The first kappa shape index (κ1) is 17.8. The molecular formula is C21H27N5O. The number of aromatic amines is 1. The molecule has 0 fully saturated rings. The Morgan fingerprint density at radius 2 is 2.11 bits per heavy atom. The number of imidazole rings is 1. The van der Waals surface area contributed by atoms with Gasteiger partial charge in [0.2, 0.25) is 0 Å². The third kappa shape index (κ3) is 3.25. The Balaban J connectivity index is 1.65. The summed E-state index contributed by atoms with van der Waals surface area (Å²) in [5.41, 5.74) is 6.99. The van der Waals surface area contributed by atoms with Crippen LogP contribution in [0, 0.1) is 13.8 Å². The third-order valence-electron chi connectivity index (χ3n) is 5.52. The van der Waals surface area contributed by atoms with E-state index in [4.69, 9.17) is 5.10 Å². The molecule has 1 atom stereocenters. The van der Waals surface area contributed by atoms with Crippen LogP contribution in [0.25, 0.3) is 0 Å². The van der Waals surface area contributed by atoms with E-state index in [1.807, 2.05) is 12.1 Å². The number of H-pyrrole nitrogens is 1. The largest absolute Gasteiger partial charge is 0.508 e. The number of nitrogens with one attached hydrogen (secondary N) is 1. The Bertz CT molecular complexity index is 955. The number of benzene rings is 1. The van der Waals surface area contributed by atoms with E-state index < -0.39 is 0 Å². The summed E-state index contributed by atoms with van der Waals surface area (Å²) < 4.78 is 2.11. The molecule has 0 bridgehead atoms. The van der Waals surface area contributed by atoms with Crippen molar-refractivity contribution in [3.8, 4) is 5.75 Å². The van der Waals surface area contributed by atoms with Crippen LogP contribution in [0.3, 0.4) is 0 Å². The van der Waals surface area contributed by atoms with Crippen LogP contribution in [0.4, 0.5) is 0 Å². The van der Waals surface area contributed by atoms with Crippen LogP contribution < -0.4 is 0 Å². The zero-order valence-corrected chi connectivity index (χ0v) is 16.4. The van der Waals surface area contributed by atoms with Gasteiger partial charge in [-0.25, -0.2) is 4.98 Å². The minimum absolute atomic E-state index is 0.146. The lowest BCUT2D eigenvalue weighted by Crippen LogP contribution is -2.34. The topological polar surface area (TPSA) is 70.0 Å². The van der Waals surface area contributed by atoms with Crippen molar-refractivity contribution < 1.29 is 5.11 Å². The average Bonchev–Trinajstić information content (AvgIpc) is 3.21. The van der Waals surface area contributed by atoms with Crippen LogP contribution in [0.2, 0.25) is 0 Å². The molecule has 3 heterocycles. The number of rotatable bonds is 4. The summed E-state index contributed by atoms with van der Waals surface area (Å²) in [5, 5.41) is 14.7. The van der Waals surface area contributed by atoms with Gasteiger partial charge in [0, 0.05) is 42.9 Å². The van der Waals surface area contributed by atoms with Crippen molar-refractivity contribution in [1.29, 1.82) is 0 Å². The number of phenols is 1. The smallest absolute Gasteiger partial charge is 0.115 e. The SMILES string of the molecule is Cc1nn(C(C)C)c(C)c1CN1Cc2[nH]cnc2C(c2cccc(O)c2)C1. The Morgan fingerprint density at radius 3 is 2.81 bits per heavy atom. The zero-order chi connectivity index (χ0) is 19.1. The van der Waals surface area contributed by atoms with Crippen molar-refractivity contribution in [2.75, 3.05) is 6.54 Å². The van der Waals surface area contributed by atoms with Crippen LogP contribution in [-0.2, 0) is 13.1 Å². The molecule has 3 aromatic rings. The lowest BCUT2D eigenvalue weighted by molar-refractivity contribution is 0.226. The fourth-order valence-corrected chi connectivity index (χ4v) is 4.17. The molecule has 6 heteroatoms. The Labute approximate surface area is 159 Å². The van der Waals surface area contributed by atoms with Gasteiger partial charge >= 0.3 is 0 Å². The van der Waals surface area contributed by atoms with Gasteiger partial charge in [-0.3, -0.25) is 9.58 Å². The van der Waals surface area contributed by atoms with Gasteiger partial charge in [-0.2, -0.15) is 5.10 Å². The number of aromatic nitrogens is 4. The maximum absolute atomic E-state index is 9.92. The van der Waals surface area contributed by atoms with E-state index >= 15 is 0 Å². The molecule has 27 heavy (non-hydrogen) atoms. The fourth-order valence-electron chi connectivity index (χ4n) is 4.17. The molecule has 0 aliphatic carbocycles. The highest BCUT2D eigenvalue weighted by molar-refractivity contribution is 5.37. The highest BCUT2D eigenvalue weighted by Gasteiger charge is 2.30. The van der Waals surface area contributed by atoms with E-state index in [-0.39, 0.29) is 5.92 Å². The van der Waals surface area contributed by atoms with Crippen LogP contribution in [0.1, 0.15) is 59.7 Å². The maximum atomic E-state index is 9.92. The lowest BCUT2D eigenvalue weighted by atomic mass is 9.90. The van der Waals surface area contributed by atoms with E-state index in [2.05, 4.69) is 53.3 Å². The first-order valence-corrected chi connectivity index (χ1v) is 9.52. The molecule has 0 spiro atoms. The summed E-state index contributed by atoms with van der Waals surface area (Å²) >= 11 is 0. The number of aryl methyl sites for hydroxylation is 1. The number of nitrogens with zero attached hydrogens (tertiary/aromatic N) is 4. The predicted molar refractivity (Wildman–Crippen MR) is 105 cm³/mol. The molecule has 6 nitrogen and oxygen atoms in total. The number of hydrogen-bond acceptors (Lipinski definition) is 4. The van der Waals surface area contributed by atoms with Crippen molar-refractivity contribution in [2.24, 2.45) is 0 Å². The normalized spacial score (nSPS) is 17.4. The summed E-state index contributed by atoms with van der Waals surface area (Å²) in [4.78, 5) is 10.3. The Kier molecular flexibility index (Phi) is 4.52. The van der Waals surface area contributed by atoms with Crippen molar-refractivity contribution in [3.63, 3.8) is 0 Å².